The fourth-order valence-electron chi connectivity index (χ4n) is 1.77. The molecule has 0 saturated heterocycles. The summed E-state index contributed by atoms with van der Waals surface area (Å²) in [5, 5.41) is 1.49. The molecule has 104 valence electrons. The van der Waals surface area contributed by atoms with Crippen molar-refractivity contribution in [3.63, 3.8) is 0 Å². The standard InChI is InChI=1S/C15H11Cl3O2/c1-20-15-7-10(3-5-12(15)17)14(19)6-9-2-4-11(16)8-13(9)18/h2-5,7-8H,6H2,1H3. The number of carbonyl (C=O) groups is 1. The van der Waals surface area contributed by atoms with Gasteiger partial charge in [-0.2, -0.15) is 0 Å². The molecule has 2 aromatic rings. The molecule has 0 fully saturated rings. The first-order valence-corrected chi connectivity index (χ1v) is 6.95. The van der Waals surface area contributed by atoms with Crippen LogP contribution in [0.5, 0.6) is 5.75 Å². The van der Waals surface area contributed by atoms with Gasteiger partial charge in [-0.3, -0.25) is 4.79 Å². The van der Waals surface area contributed by atoms with Crippen LogP contribution < -0.4 is 4.74 Å². The lowest BCUT2D eigenvalue weighted by atomic mass is 10.0. The van der Waals surface area contributed by atoms with Gasteiger partial charge in [0.15, 0.2) is 5.78 Å². The van der Waals surface area contributed by atoms with Crippen LogP contribution in [0.1, 0.15) is 15.9 Å². The van der Waals surface area contributed by atoms with Crippen molar-refractivity contribution in [3.05, 3.63) is 62.6 Å². The van der Waals surface area contributed by atoms with Crippen molar-refractivity contribution in [2.45, 2.75) is 6.42 Å². The maximum atomic E-state index is 12.2. The second-order valence-corrected chi connectivity index (χ2v) is 5.44. The Kier molecular flexibility index (Phi) is 4.92. The third-order valence-corrected chi connectivity index (χ3v) is 3.74. The summed E-state index contributed by atoms with van der Waals surface area (Å²) < 4.78 is 5.10. The van der Waals surface area contributed by atoms with Crippen molar-refractivity contribution in [2.75, 3.05) is 7.11 Å². The quantitative estimate of drug-likeness (QED) is 0.731. The molecule has 0 aromatic heterocycles. The summed E-state index contributed by atoms with van der Waals surface area (Å²) in [6.45, 7) is 0. The summed E-state index contributed by atoms with van der Waals surface area (Å²) >= 11 is 17.8. The number of hydrogen-bond donors (Lipinski definition) is 0. The van der Waals surface area contributed by atoms with Crippen molar-refractivity contribution in [2.24, 2.45) is 0 Å². The highest BCUT2D eigenvalue weighted by molar-refractivity contribution is 6.35. The highest BCUT2D eigenvalue weighted by Gasteiger charge is 2.12. The fourth-order valence-corrected chi connectivity index (χ4v) is 2.44. The number of ketones is 1. The van der Waals surface area contributed by atoms with Crippen LogP contribution in [0.4, 0.5) is 0 Å². The van der Waals surface area contributed by atoms with Crippen molar-refractivity contribution in [1.29, 1.82) is 0 Å². The van der Waals surface area contributed by atoms with E-state index in [1.54, 1.807) is 36.4 Å². The first-order valence-electron chi connectivity index (χ1n) is 5.82. The van der Waals surface area contributed by atoms with Crippen LogP contribution in [0, 0.1) is 0 Å². The van der Waals surface area contributed by atoms with E-state index >= 15 is 0 Å². The van der Waals surface area contributed by atoms with Crippen LogP contribution in [0.15, 0.2) is 36.4 Å². The third-order valence-electron chi connectivity index (χ3n) is 2.84. The van der Waals surface area contributed by atoms with Crippen LogP contribution in [0.3, 0.4) is 0 Å². The Hall–Kier alpha value is -1.22. The zero-order chi connectivity index (χ0) is 14.7. The number of carbonyl (C=O) groups excluding carboxylic acids is 1. The molecule has 0 unspecified atom stereocenters. The lowest BCUT2D eigenvalue weighted by molar-refractivity contribution is 0.0992. The van der Waals surface area contributed by atoms with E-state index in [1.165, 1.54) is 7.11 Å². The number of benzene rings is 2. The van der Waals surface area contributed by atoms with Gasteiger partial charge in [0, 0.05) is 22.0 Å². The Morgan fingerprint density at radius 2 is 1.80 bits per heavy atom. The van der Waals surface area contributed by atoms with E-state index in [4.69, 9.17) is 39.5 Å². The third kappa shape index (κ3) is 3.45. The van der Waals surface area contributed by atoms with Gasteiger partial charge < -0.3 is 4.74 Å². The van der Waals surface area contributed by atoms with Crippen LogP contribution in [-0.2, 0) is 6.42 Å². The number of methoxy groups -OCH3 is 1. The largest absolute Gasteiger partial charge is 0.495 e. The summed E-state index contributed by atoms with van der Waals surface area (Å²) in [5.74, 6) is 0.406. The Morgan fingerprint density at radius 1 is 1.05 bits per heavy atom. The average molecular weight is 330 g/mol. The Morgan fingerprint density at radius 3 is 2.45 bits per heavy atom. The summed E-state index contributed by atoms with van der Waals surface area (Å²) in [5.41, 5.74) is 1.26. The molecule has 2 aromatic carbocycles. The number of ether oxygens (including phenoxy) is 1. The van der Waals surface area contributed by atoms with Gasteiger partial charge in [0.05, 0.1) is 12.1 Å². The highest BCUT2D eigenvalue weighted by Crippen LogP contribution is 2.27. The lowest BCUT2D eigenvalue weighted by Crippen LogP contribution is -2.04. The van der Waals surface area contributed by atoms with Gasteiger partial charge in [-0.05, 0) is 35.9 Å². The van der Waals surface area contributed by atoms with Crippen LogP contribution in [-0.4, -0.2) is 12.9 Å². The lowest BCUT2D eigenvalue weighted by Gasteiger charge is -2.07. The molecular formula is C15H11Cl3O2. The molecule has 0 aliphatic rings. The molecule has 5 heteroatoms. The van der Waals surface area contributed by atoms with E-state index in [0.29, 0.717) is 26.4 Å². The Balaban J connectivity index is 2.24. The predicted molar refractivity (Wildman–Crippen MR) is 82.5 cm³/mol. The smallest absolute Gasteiger partial charge is 0.167 e. The van der Waals surface area contributed by atoms with E-state index in [-0.39, 0.29) is 12.2 Å². The van der Waals surface area contributed by atoms with Gasteiger partial charge in [0.2, 0.25) is 0 Å². The average Bonchev–Trinajstić information content (AvgIpc) is 2.42. The summed E-state index contributed by atoms with van der Waals surface area (Å²) in [4.78, 5) is 12.2. The second kappa shape index (κ2) is 6.49. The molecule has 0 saturated carbocycles. The molecule has 0 aliphatic heterocycles. The summed E-state index contributed by atoms with van der Waals surface area (Å²) in [7, 11) is 1.51. The van der Waals surface area contributed by atoms with Crippen LogP contribution in [0.2, 0.25) is 15.1 Å². The molecule has 0 radical (unpaired) electrons. The number of rotatable bonds is 4. The van der Waals surface area contributed by atoms with Gasteiger partial charge in [-0.25, -0.2) is 0 Å². The van der Waals surface area contributed by atoms with E-state index in [1.807, 2.05) is 0 Å². The molecule has 0 spiro atoms. The van der Waals surface area contributed by atoms with E-state index in [0.717, 1.165) is 5.56 Å². The molecule has 0 atom stereocenters. The molecule has 0 aliphatic carbocycles. The number of Topliss-reactive ketones (excluding diaryl/α,β-unsaturated/α-hetero) is 1. The predicted octanol–water partition coefficient (Wildman–Crippen LogP) is 5.08. The van der Waals surface area contributed by atoms with Crippen LogP contribution in [0.25, 0.3) is 0 Å². The SMILES string of the molecule is COc1cc(C(=O)Cc2ccc(Cl)cc2Cl)ccc1Cl. The zero-order valence-corrected chi connectivity index (χ0v) is 12.9. The summed E-state index contributed by atoms with van der Waals surface area (Å²) in [6, 6.07) is 9.99. The number of halogens is 3. The molecule has 0 heterocycles. The second-order valence-electron chi connectivity index (χ2n) is 4.19. The molecule has 2 nitrogen and oxygen atoms in total. The van der Waals surface area contributed by atoms with Gasteiger partial charge in [-0.15, -0.1) is 0 Å². The Labute approximate surface area is 132 Å². The van der Waals surface area contributed by atoms with Crippen molar-refractivity contribution < 1.29 is 9.53 Å². The number of hydrogen-bond acceptors (Lipinski definition) is 2. The monoisotopic (exact) mass is 328 g/mol. The summed E-state index contributed by atoms with van der Waals surface area (Å²) in [6.07, 6.45) is 0.195. The normalized spacial score (nSPS) is 10.4. The first kappa shape index (κ1) is 15.2. The van der Waals surface area contributed by atoms with Crippen molar-refractivity contribution in [1.82, 2.24) is 0 Å². The fraction of sp³-hybridized carbons (Fsp3) is 0.133. The maximum absolute atomic E-state index is 12.2. The molecule has 0 amide bonds. The highest BCUT2D eigenvalue weighted by atomic mass is 35.5. The first-order chi connectivity index (χ1) is 9.51. The molecule has 0 bridgehead atoms. The zero-order valence-electron chi connectivity index (χ0n) is 10.6. The van der Waals surface area contributed by atoms with Gasteiger partial charge >= 0.3 is 0 Å². The topological polar surface area (TPSA) is 26.3 Å². The Bertz CT molecular complexity index is 654. The van der Waals surface area contributed by atoms with Gasteiger partial charge in [0.25, 0.3) is 0 Å². The minimum absolute atomic E-state index is 0.0656. The molecule has 2 rings (SSSR count). The maximum Gasteiger partial charge on any atom is 0.167 e. The van der Waals surface area contributed by atoms with E-state index in [2.05, 4.69) is 0 Å². The molecule has 0 N–H and O–H groups in total. The van der Waals surface area contributed by atoms with Gasteiger partial charge in [-0.1, -0.05) is 40.9 Å². The van der Waals surface area contributed by atoms with Crippen LogP contribution >= 0.6 is 34.8 Å². The van der Waals surface area contributed by atoms with E-state index in [9.17, 15) is 4.79 Å². The van der Waals surface area contributed by atoms with Crippen molar-refractivity contribution >= 4 is 40.6 Å². The molecular weight excluding hydrogens is 319 g/mol. The minimum atomic E-state index is -0.0656. The molecule has 20 heavy (non-hydrogen) atoms. The van der Waals surface area contributed by atoms with E-state index < -0.39 is 0 Å². The van der Waals surface area contributed by atoms with Crippen molar-refractivity contribution in [3.8, 4) is 5.75 Å². The van der Waals surface area contributed by atoms with Gasteiger partial charge in [0.1, 0.15) is 5.75 Å². The minimum Gasteiger partial charge on any atom is -0.495 e.